The lowest BCUT2D eigenvalue weighted by Crippen LogP contribution is -2.47. The maximum atomic E-state index is 13.7. The number of rotatable bonds is 6. The maximum Gasteiger partial charge on any atom is 0.267 e. The minimum absolute atomic E-state index is 0.230. The molecule has 7 nitrogen and oxygen atoms in total. The highest BCUT2D eigenvalue weighted by atomic mass is 32.2. The zero-order valence-electron chi connectivity index (χ0n) is 21.6. The van der Waals surface area contributed by atoms with Gasteiger partial charge in [0, 0.05) is 38.9 Å². The minimum Gasteiger partial charge on any atom is -0.353 e. The SMILES string of the molecule is O=C1/C(=C\c2c(N3CCN(Cc4ccccc4)CC3)nc3ccccn3c2=O)SC(=S)N1Cc1ccc(F)cc1. The molecular weight excluding hydrogens is 545 g/mol. The van der Waals surface area contributed by atoms with Gasteiger partial charge in [0.05, 0.1) is 17.0 Å². The van der Waals surface area contributed by atoms with Gasteiger partial charge in [-0.05, 0) is 41.5 Å². The molecular formula is C30H26FN5O2S2. The summed E-state index contributed by atoms with van der Waals surface area (Å²) in [4.78, 5) is 38.3. The number of aromatic nitrogens is 2. The number of hydrogen-bond donors (Lipinski definition) is 0. The van der Waals surface area contributed by atoms with Crippen molar-refractivity contribution in [1.82, 2.24) is 19.2 Å². The van der Waals surface area contributed by atoms with Crippen LogP contribution in [0.4, 0.5) is 10.2 Å². The van der Waals surface area contributed by atoms with Crippen LogP contribution in [0, 0.1) is 5.82 Å². The van der Waals surface area contributed by atoms with Gasteiger partial charge in [0.1, 0.15) is 21.6 Å². The molecule has 2 aromatic carbocycles. The first-order valence-corrected chi connectivity index (χ1v) is 14.2. The summed E-state index contributed by atoms with van der Waals surface area (Å²) in [7, 11) is 0. The summed E-state index contributed by atoms with van der Waals surface area (Å²) in [6.07, 6.45) is 3.31. The normalized spacial score (nSPS) is 17.4. The lowest BCUT2D eigenvalue weighted by atomic mass is 10.1. The Morgan fingerprint density at radius 3 is 2.33 bits per heavy atom. The van der Waals surface area contributed by atoms with Crippen molar-refractivity contribution >= 4 is 51.7 Å². The topological polar surface area (TPSA) is 61.2 Å². The van der Waals surface area contributed by atoms with Gasteiger partial charge in [0.15, 0.2) is 0 Å². The molecule has 0 spiro atoms. The van der Waals surface area contributed by atoms with Crippen molar-refractivity contribution < 1.29 is 9.18 Å². The van der Waals surface area contributed by atoms with E-state index in [1.54, 1.807) is 30.5 Å². The third-order valence-corrected chi connectivity index (χ3v) is 8.45. The van der Waals surface area contributed by atoms with E-state index in [1.807, 2.05) is 30.3 Å². The number of carbonyl (C=O) groups is 1. The number of halogens is 1. The van der Waals surface area contributed by atoms with Gasteiger partial charge < -0.3 is 4.90 Å². The van der Waals surface area contributed by atoms with E-state index in [4.69, 9.17) is 17.2 Å². The Balaban J connectivity index is 1.29. The number of fused-ring (bicyclic) bond motifs is 1. The second-order valence-corrected chi connectivity index (χ2v) is 11.4. The molecule has 2 aliphatic rings. The Kier molecular flexibility index (Phi) is 7.46. The summed E-state index contributed by atoms with van der Waals surface area (Å²) in [5.41, 5.74) is 2.70. The van der Waals surface area contributed by atoms with Crippen molar-refractivity contribution in [2.75, 3.05) is 31.1 Å². The summed E-state index contributed by atoms with van der Waals surface area (Å²) in [5, 5.41) is 0. The second-order valence-electron chi connectivity index (χ2n) is 9.73. The number of thiocarbonyl (C=S) groups is 1. The highest BCUT2D eigenvalue weighted by Gasteiger charge is 2.33. The first-order valence-electron chi connectivity index (χ1n) is 13.0. The molecule has 0 atom stereocenters. The fraction of sp³-hybridized carbons (Fsp3) is 0.200. The first-order chi connectivity index (χ1) is 19.5. The molecule has 2 aromatic heterocycles. The fourth-order valence-corrected chi connectivity index (χ4v) is 6.19. The van der Waals surface area contributed by atoms with E-state index in [1.165, 1.54) is 27.0 Å². The van der Waals surface area contributed by atoms with Gasteiger partial charge in [-0.15, -0.1) is 0 Å². The van der Waals surface area contributed by atoms with Crippen molar-refractivity contribution in [3.63, 3.8) is 0 Å². The molecule has 2 aliphatic heterocycles. The van der Waals surface area contributed by atoms with Crippen LogP contribution in [0.15, 0.2) is 88.7 Å². The standard InChI is InChI=1S/C30H26FN5O2S2/c31-23-11-9-22(10-12-23)20-36-29(38)25(40-30(36)39)18-24-27(32-26-8-4-5-13-35(26)28(24)37)34-16-14-33(15-17-34)19-21-6-2-1-3-7-21/h1-13,18H,14-17,19-20H2/b25-18+. The average Bonchev–Trinajstić information content (AvgIpc) is 3.24. The van der Waals surface area contributed by atoms with Gasteiger partial charge in [0.25, 0.3) is 11.5 Å². The molecule has 0 aliphatic carbocycles. The predicted octanol–water partition coefficient (Wildman–Crippen LogP) is 4.56. The van der Waals surface area contributed by atoms with Crippen LogP contribution in [0.2, 0.25) is 0 Å². The molecule has 4 aromatic rings. The smallest absolute Gasteiger partial charge is 0.267 e. The molecule has 10 heteroatoms. The Hall–Kier alpha value is -3.86. The van der Waals surface area contributed by atoms with E-state index >= 15 is 0 Å². The maximum absolute atomic E-state index is 13.7. The molecule has 0 bridgehead atoms. The van der Waals surface area contributed by atoms with Crippen LogP contribution >= 0.6 is 24.0 Å². The van der Waals surface area contributed by atoms with Gasteiger partial charge in [-0.25, -0.2) is 9.37 Å². The van der Waals surface area contributed by atoms with E-state index < -0.39 is 0 Å². The number of nitrogens with zero attached hydrogens (tertiary/aromatic N) is 5. The van der Waals surface area contributed by atoms with Crippen molar-refractivity contribution in [3.05, 3.63) is 117 Å². The van der Waals surface area contributed by atoms with Crippen LogP contribution in [0.25, 0.3) is 11.7 Å². The van der Waals surface area contributed by atoms with Gasteiger partial charge in [-0.3, -0.25) is 23.8 Å². The van der Waals surface area contributed by atoms with Crippen molar-refractivity contribution in [2.24, 2.45) is 0 Å². The molecule has 0 radical (unpaired) electrons. The zero-order valence-corrected chi connectivity index (χ0v) is 23.2. The number of piperazine rings is 1. The number of thioether (sulfide) groups is 1. The summed E-state index contributed by atoms with van der Waals surface area (Å²) >= 11 is 6.67. The molecule has 6 rings (SSSR count). The van der Waals surface area contributed by atoms with E-state index in [2.05, 4.69) is 21.9 Å². The lowest BCUT2D eigenvalue weighted by Gasteiger charge is -2.36. The molecule has 4 heterocycles. The number of benzene rings is 2. The Morgan fingerprint density at radius 2 is 1.57 bits per heavy atom. The van der Waals surface area contributed by atoms with Crippen LogP contribution in [0.5, 0.6) is 0 Å². The van der Waals surface area contributed by atoms with Gasteiger partial charge in [-0.1, -0.05) is 72.5 Å². The molecule has 0 saturated carbocycles. The van der Waals surface area contributed by atoms with E-state index in [-0.39, 0.29) is 23.8 Å². The molecule has 40 heavy (non-hydrogen) atoms. The highest BCUT2D eigenvalue weighted by molar-refractivity contribution is 8.26. The third-order valence-electron chi connectivity index (χ3n) is 7.07. The molecule has 1 amide bonds. The molecule has 2 fully saturated rings. The van der Waals surface area contributed by atoms with Crippen LogP contribution in [0.3, 0.4) is 0 Å². The summed E-state index contributed by atoms with van der Waals surface area (Å²) < 4.78 is 15.2. The molecule has 202 valence electrons. The Bertz CT molecular complexity index is 1670. The minimum atomic E-state index is -0.341. The number of carbonyl (C=O) groups excluding carboxylic acids is 1. The second kappa shape index (κ2) is 11.3. The number of anilines is 1. The summed E-state index contributed by atoms with van der Waals surface area (Å²) in [6.45, 7) is 4.15. The molecule has 0 unspecified atom stereocenters. The van der Waals surface area contributed by atoms with E-state index in [9.17, 15) is 14.0 Å². The lowest BCUT2D eigenvalue weighted by molar-refractivity contribution is -0.122. The first kappa shape index (κ1) is 26.4. The van der Waals surface area contributed by atoms with E-state index in [0.29, 0.717) is 39.3 Å². The Labute approximate surface area is 240 Å². The summed E-state index contributed by atoms with van der Waals surface area (Å²) in [6, 6.07) is 21.8. The zero-order chi connectivity index (χ0) is 27.6. The average molecular weight is 572 g/mol. The molecule has 0 N–H and O–H groups in total. The van der Waals surface area contributed by atoms with Crippen LogP contribution < -0.4 is 10.5 Å². The van der Waals surface area contributed by atoms with Crippen LogP contribution in [-0.4, -0.2) is 55.6 Å². The number of pyridine rings is 1. The largest absolute Gasteiger partial charge is 0.353 e. The number of hydrogen-bond acceptors (Lipinski definition) is 7. The van der Waals surface area contributed by atoms with Crippen LogP contribution in [0.1, 0.15) is 16.7 Å². The molecule has 2 saturated heterocycles. The number of amides is 1. The van der Waals surface area contributed by atoms with Gasteiger partial charge in [-0.2, -0.15) is 0 Å². The van der Waals surface area contributed by atoms with Crippen LogP contribution in [-0.2, 0) is 17.9 Å². The monoisotopic (exact) mass is 571 g/mol. The van der Waals surface area contributed by atoms with Gasteiger partial charge in [0.2, 0.25) is 0 Å². The summed E-state index contributed by atoms with van der Waals surface area (Å²) in [5.74, 6) is -0.0541. The Morgan fingerprint density at radius 1 is 0.875 bits per heavy atom. The fourth-order valence-electron chi connectivity index (χ4n) is 4.96. The van der Waals surface area contributed by atoms with Crippen molar-refractivity contribution in [2.45, 2.75) is 13.1 Å². The highest BCUT2D eigenvalue weighted by Crippen LogP contribution is 2.34. The van der Waals surface area contributed by atoms with E-state index in [0.717, 1.165) is 37.0 Å². The van der Waals surface area contributed by atoms with Crippen molar-refractivity contribution in [3.8, 4) is 0 Å². The van der Waals surface area contributed by atoms with Crippen molar-refractivity contribution in [1.29, 1.82) is 0 Å². The quantitative estimate of drug-likeness (QED) is 0.249. The van der Waals surface area contributed by atoms with Gasteiger partial charge >= 0.3 is 0 Å². The third kappa shape index (κ3) is 5.42. The predicted molar refractivity (Wildman–Crippen MR) is 161 cm³/mol.